The number of aliphatic carboxylic acids is 1. The Morgan fingerprint density at radius 2 is 1.69 bits per heavy atom. The SMILES string of the molecule is CC(NC(=O)C(CCCCN)NC(=O)C(Cc1cnc[nH]1)NC(=O)C(N)C(C)O)C(=O)O. The van der Waals surface area contributed by atoms with Crippen molar-refractivity contribution in [1.82, 2.24) is 25.9 Å². The molecule has 1 heterocycles. The summed E-state index contributed by atoms with van der Waals surface area (Å²) >= 11 is 0. The lowest BCUT2D eigenvalue weighted by molar-refractivity contribution is -0.141. The molecular weight excluding hydrogens is 422 g/mol. The number of nitrogens with one attached hydrogen (secondary N) is 4. The van der Waals surface area contributed by atoms with E-state index in [-0.39, 0.29) is 12.8 Å². The smallest absolute Gasteiger partial charge is 0.325 e. The highest BCUT2D eigenvalue weighted by Gasteiger charge is 2.30. The highest BCUT2D eigenvalue weighted by Crippen LogP contribution is 2.05. The van der Waals surface area contributed by atoms with Gasteiger partial charge in [-0.3, -0.25) is 19.2 Å². The van der Waals surface area contributed by atoms with Crippen molar-refractivity contribution in [2.45, 2.75) is 69.8 Å². The lowest BCUT2D eigenvalue weighted by Gasteiger charge is -2.25. The van der Waals surface area contributed by atoms with Gasteiger partial charge in [-0.05, 0) is 39.7 Å². The highest BCUT2D eigenvalue weighted by molar-refractivity contribution is 5.94. The third-order valence-corrected chi connectivity index (χ3v) is 4.74. The molecule has 0 aromatic carbocycles. The van der Waals surface area contributed by atoms with Gasteiger partial charge in [0.25, 0.3) is 0 Å². The lowest BCUT2D eigenvalue weighted by atomic mass is 10.1. The molecule has 0 fully saturated rings. The number of aliphatic hydroxyl groups is 1. The number of nitrogens with zero attached hydrogens (tertiary/aromatic N) is 1. The van der Waals surface area contributed by atoms with E-state index in [1.54, 1.807) is 0 Å². The van der Waals surface area contributed by atoms with Crippen molar-refractivity contribution >= 4 is 23.7 Å². The molecule has 0 aliphatic heterocycles. The quantitative estimate of drug-likeness (QED) is 0.137. The van der Waals surface area contributed by atoms with Crippen LogP contribution >= 0.6 is 0 Å². The molecule has 3 amide bonds. The summed E-state index contributed by atoms with van der Waals surface area (Å²) in [4.78, 5) is 55.6. The number of carbonyl (C=O) groups is 4. The zero-order valence-corrected chi connectivity index (χ0v) is 18.2. The number of aromatic nitrogens is 2. The first-order valence-electron chi connectivity index (χ1n) is 10.3. The molecule has 1 aromatic rings. The molecule has 0 bridgehead atoms. The van der Waals surface area contributed by atoms with Crippen LogP contribution in [0.4, 0.5) is 0 Å². The molecule has 10 N–H and O–H groups in total. The average Bonchev–Trinajstić information content (AvgIpc) is 3.24. The number of unbranched alkanes of at least 4 members (excludes halogenated alkanes) is 1. The van der Waals surface area contributed by atoms with Gasteiger partial charge in [-0.25, -0.2) is 4.98 Å². The Labute approximate surface area is 185 Å². The Hall–Kier alpha value is -3.03. The molecule has 5 unspecified atom stereocenters. The summed E-state index contributed by atoms with van der Waals surface area (Å²) in [5.74, 6) is -3.32. The van der Waals surface area contributed by atoms with Gasteiger partial charge in [0.15, 0.2) is 0 Å². The van der Waals surface area contributed by atoms with Crippen molar-refractivity contribution < 1.29 is 29.4 Å². The molecule has 0 aliphatic carbocycles. The number of nitrogens with two attached hydrogens (primary N) is 2. The molecule has 1 aromatic heterocycles. The van der Waals surface area contributed by atoms with Crippen molar-refractivity contribution in [3.05, 3.63) is 18.2 Å². The van der Waals surface area contributed by atoms with Crippen molar-refractivity contribution in [2.24, 2.45) is 11.5 Å². The van der Waals surface area contributed by atoms with Crippen molar-refractivity contribution in [1.29, 1.82) is 0 Å². The van der Waals surface area contributed by atoms with E-state index in [2.05, 4.69) is 25.9 Å². The minimum atomic E-state index is -1.26. The van der Waals surface area contributed by atoms with Crippen LogP contribution in [0.2, 0.25) is 0 Å². The number of carboxylic acid groups (broad SMARTS) is 1. The number of amides is 3. The molecular formula is C19H33N7O6. The lowest BCUT2D eigenvalue weighted by Crippen LogP contribution is -2.58. The number of imidazole rings is 1. The number of rotatable bonds is 14. The van der Waals surface area contributed by atoms with E-state index < -0.39 is 54.0 Å². The molecule has 0 aliphatic rings. The largest absolute Gasteiger partial charge is 0.480 e. The van der Waals surface area contributed by atoms with Crippen LogP contribution in [0.25, 0.3) is 0 Å². The highest BCUT2D eigenvalue weighted by atomic mass is 16.4. The fourth-order valence-electron chi connectivity index (χ4n) is 2.72. The maximum absolute atomic E-state index is 13.0. The van der Waals surface area contributed by atoms with E-state index in [1.807, 2.05) is 0 Å². The van der Waals surface area contributed by atoms with E-state index >= 15 is 0 Å². The summed E-state index contributed by atoms with van der Waals surface area (Å²) in [6.45, 7) is 3.04. The van der Waals surface area contributed by atoms with Gasteiger partial charge in [-0.1, -0.05) is 0 Å². The molecule has 0 saturated heterocycles. The average molecular weight is 456 g/mol. The minimum Gasteiger partial charge on any atom is -0.480 e. The summed E-state index contributed by atoms with van der Waals surface area (Å²) in [6.07, 6.45) is 3.10. The summed E-state index contributed by atoms with van der Waals surface area (Å²) in [5.41, 5.74) is 11.7. The number of aliphatic hydroxyl groups excluding tert-OH is 1. The fraction of sp³-hybridized carbons (Fsp3) is 0.632. The zero-order valence-electron chi connectivity index (χ0n) is 18.2. The van der Waals surface area contributed by atoms with Crippen molar-refractivity contribution in [3.8, 4) is 0 Å². The monoisotopic (exact) mass is 455 g/mol. The van der Waals surface area contributed by atoms with E-state index in [0.717, 1.165) is 0 Å². The second kappa shape index (κ2) is 13.4. The minimum absolute atomic E-state index is 0.0206. The second-order valence-corrected chi connectivity index (χ2v) is 7.52. The molecule has 180 valence electrons. The number of hydrogen-bond acceptors (Lipinski definition) is 8. The maximum atomic E-state index is 13.0. The standard InChI is InChI=1S/C19H33N7O6/c1-10(19(31)32)24-16(28)13(5-3-4-6-20)25-17(29)14(7-12-8-22-9-23-12)26-18(30)15(21)11(2)27/h8-11,13-15,27H,3-7,20-21H2,1-2H3,(H,22,23)(H,24,28)(H,25,29)(H,26,30)(H,31,32). The third-order valence-electron chi connectivity index (χ3n) is 4.74. The Morgan fingerprint density at radius 1 is 1.06 bits per heavy atom. The van der Waals surface area contributed by atoms with Gasteiger partial charge in [0, 0.05) is 18.3 Å². The van der Waals surface area contributed by atoms with Gasteiger partial charge in [0.1, 0.15) is 24.2 Å². The number of aromatic amines is 1. The molecule has 0 radical (unpaired) electrons. The van der Waals surface area contributed by atoms with Gasteiger partial charge < -0.3 is 42.6 Å². The summed E-state index contributed by atoms with van der Waals surface area (Å²) in [5, 5.41) is 26.0. The van der Waals surface area contributed by atoms with Gasteiger partial charge >= 0.3 is 5.97 Å². The predicted molar refractivity (Wildman–Crippen MR) is 114 cm³/mol. The van der Waals surface area contributed by atoms with Crippen LogP contribution < -0.4 is 27.4 Å². The first-order valence-corrected chi connectivity index (χ1v) is 10.3. The Morgan fingerprint density at radius 3 is 2.22 bits per heavy atom. The zero-order chi connectivity index (χ0) is 24.3. The van der Waals surface area contributed by atoms with Gasteiger partial charge in [0.05, 0.1) is 12.4 Å². The normalized spacial score (nSPS) is 15.7. The molecule has 5 atom stereocenters. The molecule has 0 spiro atoms. The van der Waals surface area contributed by atoms with Crippen LogP contribution in [0.3, 0.4) is 0 Å². The maximum Gasteiger partial charge on any atom is 0.325 e. The molecule has 13 nitrogen and oxygen atoms in total. The van der Waals surface area contributed by atoms with E-state index in [9.17, 15) is 24.3 Å². The predicted octanol–water partition coefficient (Wildman–Crippen LogP) is -2.65. The molecule has 1 rings (SSSR count). The van der Waals surface area contributed by atoms with Crippen LogP contribution in [-0.2, 0) is 25.6 Å². The number of carbonyl (C=O) groups excluding carboxylic acids is 3. The summed E-state index contributed by atoms with van der Waals surface area (Å²) in [6, 6.07) is -4.58. The van der Waals surface area contributed by atoms with Crippen LogP contribution in [0, 0.1) is 0 Å². The fourth-order valence-corrected chi connectivity index (χ4v) is 2.72. The summed E-state index contributed by atoms with van der Waals surface area (Å²) < 4.78 is 0. The van der Waals surface area contributed by atoms with Crippen LogP contribution in [0.1, 0.15) is 38.8 Å². The second-order valence-electron chi connectivity index (χ2n) is 7.52. The van der Waals surface area contributed by atoms with Gasteiger partial charge in [0.2, 0.25) is 17.7 Å². The number of carboxylic acids is 1. The number of hydrogen-bond donors (Lipinski definition) is 8. The first kappa shape index (κ1) is 27.0. The first-order chi connectivity index (χ1) is 15.1. The Kier molecular flexibility index (Phi) is 11.3. The van der Waals surface area contributed by atoms with Crippen molar-refractivity contribution in [2.75, 3.05) is 6.54 Å². The Balaban J connectivity index is 2.98. The van der Waals surface area contributed by atoms with E-state index in [0.29, 0.717) is 25.1 Å². The van der Waals surface area contributed by atoms with Gasteiger partial charge in [-0.2, -0.15) is 0 Å². The third kappa shape index (κ3) is 8.99. The number of H-pyrrole nitrogens is 1. The molecule has 13 heteroatoms. The summed E-state index contributed by atoms with van der Waals surface area (Å²) in [7, 11) is 0. The topological polar surface area (TPSA) is 226 Å². The van der Waals surface area contributed by atoms with Crippen LogP contribution in [0.15, 0.2) is 12.5 Å². The van der Waals surface area contributed by atoms with Gasteiger partial charge in [-0.15, -0.1) is 0 Å². The van der Waals surface area contributed by atoms with E-state index in [4.69, 9.17) is 16.6 Å². The molecule has 0 saturated carbocycles. The van der Waals surface area contributed by atoms with Crippen LogP contribution in [0.5, 0.6) is 0 Å². The van der Waals surface area contributed by atoms with E-state index in [1.165, 1.54) is 26.4 Å². The molecule has 32 heavy (non-hydrogen) atoms. The van der Waals surface area contributed by atoms with Crippen LogP contribution in [-0.4, -0.2) is 80.7 Å². The van der Waals surface area contributed by atoms with Crippen molar-refractivity contribution in [3.63, 3.8) is 0 Å². The Bertz CT molecular complexity index is 755.